The van der Waals surface area contributed by atoms with Crippen molar-refractivity contribution >= 4 is 27.3 Å². The maximum absolute atomic E-state index is 5.70. The average Bonchev–Trinajstić information content (AvgIpc) is 3.04. The Kier molecular flexibility index (Phi) is 5.15. The second-order valence-electron chi connectivity index (χ2n) is 4.36. The lowest BCUT2D eigenvalue weighted by atomic mass is 10.1. The third-order valence-corrected chi connectivity index (χ3v) is 4.86. The first-order chi connectivity index (χ1) is 9.21. The molecule has 2 aromatic heterocycles. The highest BCUT2D eigenvalue weighted by atomic mass is 79.9. The van der Waals surface area contributed by atoms with Crippen LogP contribution in [0.3, 0.4) is 0 Å². The van der Waals surface area contributed by atoms with Gasteiger partial charge in [-0.25, -0.2) is 0 Å². The lowest BCUT2D eigenvalue weighted by Crippen LogP contribution is -2.30. The molecule has 0 aromatic carbocycles. The van der Waals surface area contributed by atoms with Crippen LogP contribution in [0, 0.1) is 0 Å². The monoisotopic (exact) mass is 342 g/mol. The van der Waals surface area contributed by atoms with Crippen LogP contribution in [0.25, 0.3) is 0 Å². The van der Waals surface area contributed by atoms with Gasteiger partial charge in [0.25, 0.3) is 0 Å². The van der Waals surface area contributed by atoms with Crippen LogP contribution in [-0.2, 0) is 19.4 Å². The van der Waals surface area contributed by atoms with E-state index in [2.05, 4.69) is 61.8 Å². The van der Waals surface area contributed by atoms with Crippen LogP contribution in [0.5, 0.6) is 0 Å². The standard InChI is InChI=1S/C13H19BrN4S/c1-3-10-13(14)12(18(4-2)17-10)7-11(16-15)9-5-6-19-8-9/h5-6,8,11,16H,3-4,7,15H2,1-2H3. The predicted octanol–water partition coefficient (Wildman–Crippen LogP) is 3.04. The van der Waals surface area contributed by atoms with Crippen LogP contribution >= 0.6 is 27.3 Å². The van der Waals surface area contributed by atoms with E-state index in [1.807, 2.05) is 0 Å². The Bertz CT molecular complexity index is 521. The number of aromatic nitrogens is 2. The van der Waals surface area contributed by atoms with Gasteiger partial charge in [0.05, 0.1) is 21.9 Å². The minimum Gasteiger partial charge on any atom is -0.271 e. The number of rotatable bonds is 6. The van der Waals surface area contributed by atoms with E-state index >= 15 is 0 Å². The van der Waals surface area contributed by atoms with E-state index in [-0.39, 0.29) is 6.04 Å². The average molecular weight is 343 g/mol. The minimum atomic E-state index is 0.120. The van der Waals surface area contributed by atoms with Crippen LogP contribution in [0.2, 0.25) is 0 Å². The molecule has 0 amide bonds. The zero-order chi connectivity index (χ0) is 13.8. The molecule has 2 aromatic rings. The first-order valence-corrected chi connectivity index (χ1v) is 8.17. The number of nitrogens with one attached hydrogen (secondary N) is 1. The summed E-state index contributed by atoms with van der Waals surface area (Å²) >= 11 is 5.36. The third kappa shape index (κ3) is 3.08. The van der Waals surface area contributed by atoms with E-state index in [4.69, 9.17) is 5.84 Å². The SMILES string of the molecule is CCc1nn(CC)c(CC(NN)c2ccsc2)c1Br. The van der Waals surface area contributed by atoms with Gasteiger partial charge in [0, 0.05) is 13.0 Å². The van der Waals surface area contributed by atoms with Crippen molar-refractivity contribution in [3.63, 3.8) is 0 Å². The molecule has 0 radical (unpaired) electrons. The number of nitrogens with two attached hydrogens (primary N) is 1. The van der Waals surface area contributed by atoms with Gasteiger partial charge in [0.2, 0.25) is 0 Å². The number of hydrogen-bond acceptors (Lipinski definition) is 4. The maximum atomic E-state index is 5.70. The fourth-order valence-corrected chi connectivity index (χ4v) is 3.59. The smallest absolute Gasteiger partial charge is 0.0766 e. The molecule has 3 N–H and O–H groups in total. The summed E-state index contributed by atoms with van der Waals surface area (Å²) in [6.45, 7) is 5.10. The highest BCUT2D eigenvalue weighted by Gasteiger charge is 2.19. The summed E-state index contributed by atoms with van der Waals surface area (Å²) < 4.78 is 3.17. The van der Waals surface area contributed by atoms with Crippen molar-refractivity contribution in [2.75, 3.05) is 0 Å². The molecule has 2 rings (SSSR count). The fourth-order valence-electron chi connectivity index (χ4n) is 2.15. The second kappa shape index (κ2) is 6.65. The van der Waals surface area contributed by atoms with E-state index in [0.29, 0.717) is 0 Å². The highest BCUT2D eigenvalue weighted by Crippen LogP contribution is 2.27. The van der Waals surface area contributed by atoms with Gasteiger partial charge < -0.3 is 0 Å². The Labute approximate surface area is 126 Å². The topological polar surface area (TPSA) is 55.9 Å². The van der Waals surface area contributed by atoms with Gasteiger partial charge in [-0.1, -0.05) is 6.92 Å². The van der Waals surface area contributed by atoms with Crippen LogP contribution in [0.4, 0.5) is 0 Å². The maximum Gasteiger partial charge on any atom is 0.0766 e. The summed E-state index contributed by atoms with van der Waals surface area (Å²) in [7, 11) is 0. The van der Waals surface area contributed by atoms with Crippen LogP contribution < -0.4 is 11.3 Å². The summed E-state index contributed by atoms with van der Waals surface area (Å²) in [6, 6.07) is 2.23. The molecule has 19 heavy (non-hydrogen) atoms. The Morgan fingerprint density at radius 3 is 2.84 bits per heavy atom. The summed E-state index contributed by atoms with van der Waals surface area (Å²) in [4.78, 5) is 0. The van der Waals surface area contributed by atoms with Crippen LogP contribution in [-0.4, -0.2) is 9.78 Å². The zero-order valence-electron chi connectivity index (χ0n) is 11.2. The number of aryl methyl sites for hydroxylation is 2. The van der Waals surface area contributed by atoms with E-state index in [0.717, 1.165) is 29.6 Å². The largest absolute Gasteiger partial charge is 0.271 e. The second-order valence-corrected chi connectivity index (χ2v) is 5.93. The molecule has 4 nitrogen and oxygen atoms in total. The fraction of sp³-hybridized carbons (Fsp3) is 0.462. The van der Waals surface area contributed by atoms with E-state index < -0.39 is 0 Å². The van der Waals surface area contributed by atoms with Crippen molar-refractivity contribution < 1.29 is 0 Å². The van der Waals surface area contributed by atoms with Gasteiger partial charge in [0.1, 0.15) is 0 Å². The summed E-state index contributed by atoms with van der Waals surface area (Å²) in [5.41, 5.74) is 6.44. The molecule has 0 aliphatic carbocycles. The first-order valence-electron chi connectivity index (χ1n) is 6.43. The van der Waals surface area contributed by atoms with Crippen molar-refractivity contribution in [1.29, 1.82) is 0 Å². The Balaban J connectivity index is 2.29. The number of thiophene rings is 1. The lowest BCUT2D eigenvalue weighted by Gasteiger charge is -2.15. The van der Waals surface area contributed by atoms with Gasteiger partial charge in [-0.05, 0) is 51.7 Å². The van der Waals surface area contributed by atoms with Crippen molar-refractivity contribution in [2.45, 2.75) is 39.3 Å². The molecule has 0 aliphatic heterocycles. The summed E-state index contributed by atoms with van der Waals surface area (Å²) in [5.74, 6) is 5.70. The van der Waals surface area contributed by atoms with Crippen molar-refractivity contribution in [1.82, 2.24) is 15.2 Å². The van der Waals surface area contributed by atoms with E-state index in [9.17, 15) is 0 Å². The molecule has 1 unspecified atom stereocenters. The molecule has 0 saturated carbocycles. The van der Waals surface area contributed by atoms with Crippen molar-refractivity contribution in [2.24, 2.45) is 5.84 Å². The highest BCUT2D eigenvalue weighted by molar-refractivity contribution is 9.10. The normalized spacial score (nSPS) is 12.8. The molecule has 0 bridgehead atoms. The summed E-state index contributed by atoms with van der Waals surface area (Å²) in [5, 5.41) is 8.82. The van der Waals surface area contributed by atoms with E-state index in [1.165, 1.54) is 11.3 Å². The molecule has 0 aliphatic rings. The third-order valence-electron chi connectivity index (χ3n) is 3.24. The van der Waals surface area contributed by atoms with Crippen molar-refractivity contribution in [3.8, 4) is 0 Å². The van der Waals surface area contributed by atoms with Gasteiger partial charge in [0.15, 0.2) is 0 Å². The molecule has 6 heteroatoms. The number of hydrogen-bond donors (Lipinski definition) is 2. The first kappa shape index (κ1) is 14.7. The van der Waals surface area contributed by atoms with E-state index in [1.54, 1.807) is 11.3 Å². The van der Waals surface area contributed by atoms with Crippen LogP contribution in [0.1, 0.15) is 36.8 Å². The zero-order valence-corrected chi connectivity index (χ0v) is 13.6. The van der Waals surface area contributed by atoms with Gasteiger partial charge >= 0.3 is 0 Å². The van der Waals surface area contributed by atoms with Gasteiger partial charge in [-0.2, -0.15) is 16.4 Å². The quantitative estimate of drug-likeness (QED) is 0.626. The molecular formula is C13H19BrN4S. The molecule has 0 fully saturated rings. The van der Waals surface area contributed by atoms with Gasteiger partial charge in [-0.3, -0.25) is 16.0 Å². The Morgan fingerprint density at radius 2 is 2.32 bits per heavy atom. The van der Waals surface area contributed by atoms with Gasteiger partial charge in [-0.15, -0.1) is 0 Å². The Morgan fingerprint density at radius 1 is 1.53 bits per heavy atom. The Hall–Kier alpha value is -0.690. The molecule has 1 atom stereocenters. The van der Waals surface area contributed by atoms with Crippen LogP contribution in [0.15, 0.2) is 21.3 Å². The lowest BCUT2D eigenvalue weighted by molar-refractivity contribution is 0.517. The minimum absolute atomic E-state index is 0.120. The molecule has 2 heterocycles. The number of halogens is 1. The number of hydrazine groups is 1. The molecule has 104 valence electrons. The predicted molar refractivity (Wildman–Crippen MR) is 83.1 cm³/mol. The molecule has 0 spiro atoms. The number of nitrogens with zero attached hydrogens (tertiary/aromatic N) is 2. The van der Waals surface area contributed by atoms with Crippen molar-refractivity contribution in [3.05, 3.63) is 38.3 Å². The molecular weight excluding hydrogens is 324 g/mol. The molecule has 0 saturated heterocycles. The summed E-state index contributed by atoms with van der Waals surface area (Å²) in [6.07, 6.45) is 1.76.